The summed E-state index contributed by atoms with van der Waals surface area (Å²) in [6.07, 6.45) is 4.73. The van der Waals surface area contributed by atoms with Gasteiger partial charge in [0, 0.05) is 29.9 Å². The van der Waals surface area contributed by atoms with E-state index in [0.717, 1.165) is 22.4 Å². The summed E-state index contributed by atoms with van der Waals surface area (Å²) in [6.45, 7) is 3.87. The summed E-state index contributed by atoms with van der Waals surface area (Å²) in [7, 11) is 0. The number of carbonyl (C=O) groups excluding carboxylic acids is 1. The maximum absolute atomic E-state index is 14.0. The molecule has 7 heteroatoms. The molecule has 4 aromatic rings. The van der Waals surface area contributed by atoms with E-state index in [4.69, 9.17) is 5.73 Å². The monoisotopic (exact) mass is 403 g/mol. The van der Waals surface area contributed by atoms with Crippen LogP contribution in [0.4, 0.5) is 10.3 Å². The van der Waals surface area contributed by atoms with Gasteiger partial charge in [-0.25, -0.2) is 8.91 Å². The van der Waals surface area contributed by atoms with Gasteiger partial charge in [-0.2, -0.15) is 4.98 Å². The molecule has 0 fully saturated rings. The second-order valence-corrected chi connectivity index (χ2v) is 7.28. The highest BCUT2D eigenvalue weighted by molar-refractivity contribution is 5.98. The molecule has 0 aliphatic rings. The molecule has 0 saturated heterocycles. The molecule has 0 saturated carbocycles. The first-order valence-corrected chi connectivity index (χ1v) is 9.84. The van der Waals surface area contributed by atoms with Gasteiger partial charge in [0.2, 0.25) is 5.95 Å². The van der Waals surface area contributed by atoms with E-state index in [1.54, 1.807) is 29.0 Å². The van der Waals surface area contributed by atoms with Crippen molar-refractivity contribution in [2.75, 3.05) is 5.73 Å². The number of ketones is 1. The topological polar surface area (TPSA) is 86.2 Å². The van der Waals surface area contributed by atoms with Crippen molar-refractivity contribution in [3.05, 3.63) is 77.0 Å². The van der Waals surface area contributed by atoms with Crippen molar-refractivity contribution < 1.29 is 9.18 Å². The van der Waals surface area contributed by atoms with Crippen molar-refractivity contribution in [2.45, 2.75) is 33.1 Å². The van der Waals surface area contributed by atoms with Crippen LogP contribution < -0.4 is 5.73 Å². The summed E-state index contributed by atoms with van der Waals surface area (Å²) in [6, 6.07) is 10.5. The number of aromatic nitrogens is 4. The second-order valence-electron chi connectivity index (χ2n) is 7.28. The van der Waals surface area contributed by atoms with Crippen LogP contribution in [0.15, 0.2) is 48.8 Å². The molecule has 0 unspecified atom stereocenters. The fourth-order valence-electron chi connectivity index (χ4n) is 3.53. The summed E-state index contributed by atoms with van der Waals surface area (Å²) < 4.78 is 15.6. The molecule has 1 aromatic carbocycles. The van der Waals surface area contributed by atoms with Crippen LogP contribution in [0.2, 0.25) is 0 Å². The number of nitrogens with two attached hydrogens (primary N) is 1. The molecule has 6 nitrogen and oxygen atoms in total. The Morgan fingerprint density at radius 1 is 1.17 bits per heavy atom. The van der Waals surface area contributed by atoms with E-state index in [2.05, 4.69) is 15.1 Å². The Morgan fingerprint density at radius 3 is 2.80 bits per heavy atom. The summed E-state index contributed by atoms with van der Waals surface area (Å²) >= 11 is 0. The number of fused-ring (bicyclic) bond motifs is 1. The Hall–Kier alpha value is -3.61. The van der Waals surface area contributed by atoms with Gasteiger partial charge in [0.15, 0.2) is 11.4 Å². The lowest BCUT2D eigenvalue weighted by Crippen LogP contribution is -2.08. The van der Waals surface area contributed by atoms with E-state index >= 15 is 0 Å². The van der Waals surface area contributed by atoms with Gasteiger partial charge in [-0.15, -0.1) is 5.10 Å². The van der Waals surface area contributed by atoms with Crippen LogP contribution >= 0.6 is 0 Å². The molecule has 0 radical (unpaired) electrons. The number of pyridine rings is 2. The molecule has 4 rings (SSSR count). The van der Waals surface area contributed by atoms with Crippen LogP contribution in [-0.2, 0) is 12.8 Å². The number of anilines is 1. The number of halogens is 1. The molecule has 2 N–H and O–H groups in total. The van der Waals surface area contributed by atoms with Gasteiger partial charge in [0.25, 0.3) is 0 Å². The lowest BCUT2D eigenvalue weighted by molar-refractivity contribution is 0.0981. The summed E-state index contributed by atoms with van der Waals surface area (Å²) in [5, 5.41) is 4.07. The van der Waals surface area contributed by atoms with Gasteiger partial charge in [0.05, 0.1) is 5.69 Å². The summed E-state index contributed by atoms with van der Waals surface area (Å²) in [4.78, 5) is 21.7. The van der Waals surface area contributed by atoms with Gasteiger partial charge in [-0.05, 0) is 55.2 Å². The van der Waals surface area contributed by atoms with Crippen LogP contribution in [0, 0.1) is 12.7 Å². The normalized spacial score (nSPS) is 11.2. The Labute approximate surface area is 173 Å². The Balaban J connectivity index is 1.63. The molecular weight excluding hydrogens is 381 g/mol. The predicted molar refractivity (Wildman–Crippen MR) is 114 cm³/mol. The van der Waals surface area contributed by atoms with Crippen molar-refractivity contribution in [3.63, 3.8) is 0 Å². The highest BCUT2D eigenvalue weighted by atomic mass is 19.1. The summed E-state index contributed by atoms with van der Waals surface area (Å²) in [5.41, 5.74) is 10.8. The molecule has 30 heavy (non-hydrogen) atoms. The highest BCUT2D eigenvalue weighted by Gasteiger charge is 2.15. The molecule has 0 aliphatic carbocycles. The number of nitrogens with zero attached hydrogens (tertiary/aromatic N) is 4. The number of benzene rings is 1. The number of nitrogen functional groups attached to an aromatic ring is 1. The highest BCUT2D eigenvalue weighted by Crippen LogP contribution is 2.24. The largest absolute Gasteiger partial charge is 0.366 e. The van der Waals surface area contributed by atoms with E-state index in [1.165, 1.54) is 6.07 Å². The minimum absolute atomic E-state index is 0.0464. The molecule has 0 amide bonds. The average Bonchev–Trinajstić information content (AvgIpc) is 3.12. The van der Waals surface area contributed by atoms with Crippen LogP contribution in [0.1, 0.15) is 40.5 Å². The number of hydrogen-bond acceptors (Lipinski definition) is 5. The molecule has 3 aromatic heterocycles. The Morgan fingerprint density at radius 2 is 2.00 bits per heavy atom. The van der Waals surface area contributed by atoms with E-state index in [-0.39, 0.29) is 24.0 Å². The average molecular weight is 403 g/mol. The SMILES string of the molecule is CCc1ncc(-c2ccn3nc(N)nc3c2)cc1C(=O)CCc1cc(C)ccc1F. The number of rotatable bonds is 6. The predicted octanol–water partition coefficient (Wildman–Crippen LogP) is 4.20. The minimum Gasteiger partial charge on any atom is -0.366 e. The summed E-state index contributed by atoms with van der Waals surface area (Å²) in [5.74, 6) is -0.127. The van der Waals surface area contributed by atoms with Crippen LogP contribution in [0.5, 0.6) is 0 Å². The van der Waals surface area contributed by atoms with Crippen LogP contribution in [0.3, 0.4) is 0 Å². The first-order chi connectivity index (χ1) is 14.4. The first-order valence-electron chi connectivity index (χ1n) is 9.84. The van der Waals surface area contributed by atoms with Crippen molar-refractivity contribution in [1.29, 1.82) is 0 Å². The Kier molecular flexibility index (Phi) is 5.27. The lowest BCUT2D eigenvalue weighted by atomic mass is 9.97. The van der Waals surface area contributed by atoms with Crippen molar-refractivity contribution in [2.24, 2.45) is 0 Å². The lowest BCUT2D eigenvalue weighted by Gasteiger charge is -2.10. The van der Waals surface area contributed by atoms with Gasteiger partial charge in [0.1, 0.15) is 5.82 Å². The van der Waals surface area contributed by atoms with Gasteiger partial charge >= 0.3 is 0 Å². The maximum atomic E-state index is 14.0. The third-order valence-corrected chi connectivity index (χ3v) is 5.12. The van der Waals surface area contributed by atoms with E-state index in [0.29, 0.717) is 29.6 Å². The molecule has 0 bridgehead atoms. The van der Waals surface area contributed by atoms with Crippen molar-refractivity contribution >= 4 is 17.4 Å². The van der Waals surface area contributed by atoms with Crippen LogP contribution in [-0.4, -0.2) is 25.4 Å². The quantitative estimate of drug-likeness (QED) is 0.488. The number of aryl methyl sites for hydroxylation is 3. The number of carbonyl (C=O) groups is 1. The minimum atomic E-state index is -0.281. The molecule has 0 aliphatic heterocycles. The zero-order chi connectivity index (χ0) is 21.3. The van der Waals surface area contributed by atoms with Crippen LogP contribution in [0.25, 0.3) is 16.8 Å². The standard InChI is InChI=1S/C23H22FN5O/c1-3-20-18(21(30)7-5-16-10-14(2)4-6-19(16)24)11-17(13-26-20)15-8-9-29-22(12-15)27-23(25)28-29/h4,6,8-13H,3,5,7H2,1-2H3,(H2,25,28). The third kappa shape index (κ3) is 3.91. The molecule has 3 heterocycles. The second kappa shape index (κ2) is 8.02. The van der Waals surface area contributed by atoms with Crippen molar-refractivity contribution in [3.8, 4) is 11.1 Å². The van der Waals surface area contributed by atoms with Gasteiger partial charge in [-0.3, -0.25) is 9.78 Å². The smallest absolute Gasteiger partial charge is 0.240 e. The number of Topliss-reactive ketones (excluding diaryl/α,β-unsaturated/α-hetero) is 1. The zero-order valence-corrected chi connectivity index (χ0v) is 16.9. The molecule has 152 valence electrons. The number of hydrogen-bond donors (Lipinski definition) is 1. The first kappa shape index (κ1) is 19.7. The fraction of sp³-hybridized carbons (Fsp3) is 0.217. The van der Waals surface area contributed by atoms with Gasteiger partial charge in [-0.1, -0.05) is 24.6 Å². The van der Waals surface area contributed by atoms with E-state index in [9.17, 15) is 9.18 Å². The fourth-order valence-corrected chi connectivity index (χ4v) is 3.53. The van der Waals surface area contributed by atoms with E-state index in [1.807, 2.05) is 32.0 Å². The molecule has 0 atom stereocenters. The zero-order valence-electron chi connectivity index (χ0n) is 16.9. The Bertz CT molecular complexity index is 1250. The van der Waals surface area contributed by atoms with E-state index < -0.39 is 0 Å². The molecular formula is C23H22FN5O. The maximum Gasteiger partial charge on any atom is 0.240 e. The van der Waals surface area contributed by atoms with Gasteiger partial charge < -0.3 is 5.73 Å². The molecule has 0 spiro atoms. The third-order valence-electron chi connectivity index (χ3n) is 5.12. The van der Waals surface area contributed by atoms with Crippen molar-refractivity contribution in [1.82, 2.24) is 19.6 Å².